The van der Waals surface area contributed by atoms with E-state index in [2.05, 4.69) is 20.6 Å². The Kier molecular flexibility index (Phi) is 8.64. The van der Waals surface area contributed by atoms with Gasteiger partial charge < -0.3 is 19.4 Å². The minimum Gasteiger partial charge on any atom is -0.497 e. The van der Waals surface area contributed by atoms with Crippen LogP contribution in [0.4, 0.5) is 4.39 Å². The van der Waals surface area contributed by atoms with E-state index in [9.17, 15) is 14.0 Å². The van der Waals surface area contributed by atoms with Crippen LogP contribution in [0.5, 0.6) is 11.5 Å². The Morgan fingerprint density at radius 3 is 2.49 bits per heavy atom. The molecule has 2 aromatic heterocycles. The third-order valence-electron chi connectivity index (χ3n) is 6.50. The molecule has 0 bridgehead atoms. The van der Waals surface area contributed by atoms with E-state index in [0.29, 0.717) is 34.5 Å². The molecule has 0 aliphatic carbocycles. The Labute approximate surface area is 244 Å². The molecule has 1 atom stereocenters. The number of methoxy groups -OCH3 is 2. The first kappa shape index (κ1) is 28.3. The normalized spacial score (nSPS) is 14.6. The van der Waals surface area contributed by atoms with E-state index in [4.69, 9.17) is 9.47 Å². The van der Waals surface area contributed by atoms with Crippen LogP contribution in [0.25, 0.3) is 0 Å². The van der Waals surface area contributed by atoms with Crippen molar-refractivity contribution < 1.29 is 23.5 Å². The second-order valence-electron chi connectivity index (χ2n) is 9.06. The summed E-state index contributed by atoms with van der Waals surface area (Å²) in [6, 6.07) is 14.6. The predicted molar refractivity (Wildman–Crippen MR) is 154 cm³/mol. The highest BCUT2D eigenvalue weighted by molar-refractivity contribution is 7.99. The van der Waals surface area contributed by atoms with E-state index in [-0.39, 0.29) is 36.0 Å². The van der Waals surface area contributed by atoms with E-state index >= 15 is 0 Å². The quantitative estimate of drug-likeness (QED) is 0.271. The van der Waals surface area contributed by atoms with Crippen LogP contribution >= 0.6 is 23.1 Å². The zero-order chi connectivity index (χ0) is 28.9. The summed E-state index contributed by atoms with van der Waals surface area (Å²) in [5.41, 5.74) is 2.01. The number of hydrogen-bond acceptors (Lipinski definition) is 9. The number of nitrogens with one attached hydrogen (secondary N) is 1. The van der Waals surface area contributed by atoms with Crippen molar-refractivity contribution in [3.63, 3.8) is 0 Å². The summed E-state index contributed by atoms with van der Waals surface area (Å²) in [6.45, 7) is 0.129. The topological polar surface area (TPSA) is 111 Å². The molecule has 0 unspecified atom stereocenters. The molecule has 0 saturated heterocycles. The van der Waals surface area contributed by atoms with E-state index in [1.165, 1.54) is 43.1 Å². The van der Waals surface area contributed by atoms with E-state index < -0.39 is 0 Å². The van der Waals surface area contributed by atoms with Crippen LogP contribution < -0.4 is 14.8 Å². The van der Waals surface area contributed by atoms with Gasteiger partial charge in [-0.05, 0) is 41.3 Å². The summed E-state index contributed by atoms with van der Waals surface area (Å²) >= 11 is 2.79. The van der Waals surface area contributed by atoms with Crippen molar-refractivity contribution in [2.45, 2.75) is 24.2 Å². The van der Waals surface area contributed by atoms with Gasteiger partial charge in [0.2, 0.25) is 0 Å². The molecule has 3 heterocycles. The standard InChI is InChI=1S/C28H27FN6O4S2/c1-34-25(15-30-27(37)18-11-20(38-2)13-21(12-18)39-3)31-32-28(34)41-16-26(36)35-23(17-6-8-19(29)9-7-17)14-22(33-35)24-5-4-10-40-24/h4-13,23H,14-16H2,1-3H3,(H,30,37)/t23-/m1/s1. The molecule has 13 heteroatoms. The molecule has 1 aliphatic heterocycles. The number of aromatic nitrogens is 3. The number of carbonyl (C=O) groups is 2. The summed E-state index contributed by atoms with van der Waals surface area (Å²) in [6.07, 6.45) is 0.537. The third-order valence-corrected chi connectivity index (χ3v) is 8.42. The number of amides is 2. The monoisotopic (exact) mass is 594 g/mol. The Morgan fingerprint density at radius 1 is 1.10 bits per heavy atom. The fourth-order valence-electron chi connectivity index (χ4n) is 4.29. The fourth-order valence-corrected chi connectivity index (χ4v) is 5.80. The molecule has 0 fully saturated rings. The van der Waals surface area contributed by atoms with Crippen molar-refractivity contribution in [1.82, 2.24) is 25.1 Å². The number of halogens is 1. The van der Waals surface area contributed by atoms with Crippen LogP contribution in [0, 0.1) is 5.82 Å². The molecule has 2 amide bonds. The molecule has 41 heavy (non-hydrogen) atoms. The second-order valence-corrected chi connectivity index (χ2v) is 11.0. The van der Waals surface area contributed by atoms with Gasteiger partial charge in [-0.3, -0.25) is 9.59 Å². The molecule has 0 radical (unpaired) electrons. The summed E-state index contributed by atoms with van der Waals surface area (Å²) in [4.78, 5) is 27.1. The van der Waals surface area contributed by atoms with Gasteiger partial charge in [-0.15, -0.1) is 21.5 Å². The van der Waals surface area contributed by atoms with Crippen molar-refractivity contribution in [3.8, 4) is 11.5 Å². The smallest absolute Gasteiger partial charge is 0.253 e. The molecule has 10 nitrogen and oxygen atoms in total. The van der Waals surface area contributed by atoms with Crippen LogP contribution in [0.15, 0.2) is 70.2 Å². The Morgan fingerprint density at radius 2 is 1.83 bits per heavy atom. The molecule has 2 aromatic carbocycles. The number of ether oxygens (including phenoxy) is 2. The van der Waals surface area contributed by atoms with Crippen molar-refractivity contribution in [1.29, 1.82) is 0 Å². The Balaban J connectivity index is 1.24. The Bertz CT molecular complexity index is 1550. The van der Waals surface area contributed by atoms with Crippen molar-refractivity contribution in [2.75, 3.05) is 20.0 Å². The SMILES string of the molecule is COc1cc(OC)cc(C(=O)NCc2nnc(SCC(=O)N3N=C(c4cccs4)C[C@@H]3c3ccc(F)cc3)n2C)c1. The number of thiophene rings is 1. The van der Waals surface area contributed by atoms with Gasteiger partial charge in [-0.25, -0.2) is 9.40 Å². The van der Waals surface area contributed by atoms with Crippen LogP contribution in [0.3, 0.4) is 0 Å². The minimum atomic E-state index is -0.336. The predicted octanol–water partition coefficient (Wildman–Crippen LogP) is 4.43. The van der Waals surface area contributed by atoms with Gasteiger partial charge in [0.1, 0.15) is 17.3 Å². The average molecular weight is 595 g/mol. The van der Waals surface area contributed by atoms with Gasteiger partial charge in [-0.2, -0.15) is 5.10 Å². The fraction of sp³-hybridized carbons (Fsp3) is 0.250. The second kappa shape index (κ2) is 12.5. The van der Waals surface area contributed by atoms with Crippen molar-refractivity contribution in [3.05, 3.63) is 87.6 Å². The summed E-state index contributed by atoms with van der Waals surface area (Å²) in [5.74, 6) is 0.728. The van der Waals surface area contributed by atoms with Gasteiger partial charge in [0.05, 0.1) is 43.1 Å². The molecule has 5 rings (SSSR count). The lowest BCUT2D eigenvalue weighted by atomic mass is 10.0. The highest BCUT2D eigenvalue weighted by Crippen LogP contribution is 2.34. The maximum Gasteiger partial charge on any atom is 0.253 e. The first-order valence-corrected chi connectivity index (χ1v) is 14.4. The largest absolute Gasteiger partial charge is 0.497 e. The average Bonchev–Trinajstić information content (AvgIpc) is 3.75. The van der Waals surface area contributed by atoms with E-state index in [0.717, 1.165) is 16.2 Å². The summed E-state index contributed by atoms with van der Waals surface area (Å²) in [7, 11) is 4.80. The number of benzene rings is 2. The van der Waals surface area contributed by atoms with E-state index in [1.807, 2.05) is 17.5 Å². The highest BCUT2D eigenvalue weighted by atomic mass is 32.2. The van der Waals surface area contributed by atoms with Gasteiger partial charge in [0.15, 0.2) is 11.0 Å². The lowest BCUT2D eigenvalue weighted by Gasteiger charge is -2.21. The first-order valence-electron chi connectivity index (χ1n) is 12.6. The Hall–Kier alpha value is -4.23. The molecule has 0 saturated carbocycles. The zero-order valence-corrected chi connectivity index (χ0v) is 24.2. The van der Waals surface area contributed by atoms with Gasteiger partial charge in [-0.1, -0.05) is 30.0 Å². The number of rotatable bonds is 10. The van der Waals surface area contributed by atoms with Crippen molar-refractivity contribution in [2.24, 2.45) is 12.1 Å². The minimum absolute atomic E-state index is 0.0703. The summed E-state index contributed by atoms with van der Waals surface area (Å²) in [5, 5.41) is 19.8. The van der Waals surface area contributed by atoms with E-state index in [1.54, 1.807) is 53.3 Å². The molecular weight excluding hydrogens is 567 g/mol. The number of hydrogen-bond donors (Lipinski definition) is 1. The molecule has 1 aliphatic rings. The number of thioether (sulfide) groups is 1. The molecule has 0 spiro atoms. The lowest BCUT2D eigenvalue weighted by molar-refractivity contribution is -0.130. The van der Waals surface area contributed by atoms with Gasteiger partial charge in [0, 0.05) is 25.1 Å². The van der Waals surface area contributed by atoms with Gasteiger partial charge in [0.25, 0.3) is 11.8 Å². The first-order chi connectivity index (χ1) is 19.9. The van der Waals surface area contributed by atoms with Crippen molar-refractivity contribution >= 4 is 40.6 Å². The lowest BCUT2D eigenvalue weighted by Crippen LogP contribution is -2.28. The molecular formula is C28H27FN6O4S2. The number of nitrogens with zero attached hydrogens (tertiary/aromatic N) is 5. The molecule has 4 aromatic rings. The zero-order valence-electron chi connectivity index (χ0n) is 22.5. The van der Waals surface area contributed by atoms with Crippen LogP contribution in [-0.4, -0.2) is 57.3 Å². The molecule has 1 N–H and O–H groups in total. The molecule has 212 valence electrons. The van der Waals surface area contributed by atoms with Crippen LogP contribution in [0.2, 0.25) is 0 Å². The highest BCUT2D eigenvalue weighted by Gasteiger charge is 2.33. The summed E-state index contributed by atoms with van der Waals surface area (Å²) < 4.78 is 25.8. The van der Waals surface area contributed by atoms with Gasteiger partial charge >= 0.3 is 0 Å². The van der Waals surface area contributed by atoms with Crippen LogP contribution in [0.1, 0.15) is 39.1 Å². The third kappa shape index (κ3) is 6.41. The maximum absolute atomic E-state index is 13.6. The van der Waals surface area contributed by atoms with Crippen LogP contribution in [-0.2, 0) is 18.4 Å². The number of carbonyl (C=O) groups excluding carboxylic acids is 2. The maximum atomic E-state index is 13.6. The number of hydrazone groups is 1.